The molecule has 1 aromatic carbocycles. The van der Waals surface area contributed by atoms with E-state index in [0.717, 1.165) is 16.1 Å². The molecule has 1 aromatic heterocycles. The number of hydrogen-bond donors (Lipinski definition) is 1. The molecule has 0 bridgehead atoms. The molecule has 1 N–H and O–H groups in total. The monoisotopic (exact) mass is 317 g/mol. The third-order valence-electron chi connectivity index (χ3n) is 2.53. The van der Waals surface area contributed by atoms with E-state index in [0.29, 0.717) is 5.56 Å². The van der Waals surface area contributed by atoms with Crippen molar-refractivity contribution in [2.24, 2.45) is 0 Å². The van der Waals surface area contributed by atoms with Gasteiger partial charge in [0.25, 0.3) is 0 Å². The van der Waals surface area contributed by atoms with E-state index in [2.05, 4.69) is 21.2 Å². The van der Waals surface area contributed by atoms with Crippen molar-refractivity contribution in [1.82, 2.24) is 5.32 Å². The first-order chi connectivity index (χ1) is 8.15. The highest BCUT2D eigenvalue weighted by Gasteiger charge is 2.20. The van der Waals surface area contributed by atoms with Crippen LogP contribution < -0.4 is 5.32 Å². The van der Waals surface area contributed by atoms with Crippen LogP contribution >= 0.6 is 27.3 Å². The Labute approximate surface area is 111 Å². The Kier molecular flexibility index (Phi) is 3.91. The SMILES string of the molecule is CNC(c1cscc1Br)c1cccc(F)c1F. The first kappa shape index (κ1) is 12.7. The molecule has 2 rings (SSSR count). The molecule has 2 aromatic rings. The first-order valence-electron chi connectivity index (χ1n) is 4.98. The van der Waals surface area contributed by atoms with E-state index in [4.69, 9.17) is 0 Å². The quantitative estimate of drug-likeness (QED) is 0.898. The number of rotatable bonds is 3. The molecule has 5 heteroatoms. The molecule has 0 fully saturated rings. The van der Waals surface area contributed by atoms with Crippen LogP contribution in [0.1, 0.15) is 17.2 Å². The highest BCUT2D eigenvalue weighted by Crippen LogP contribution is 2.32. The van der Waals surface area contributed by atoms with Gasteiger partial charge in [0.2, 0.25) is 0 Å². The fourth-order valence-electron chi connectivity index (χ4n) is 1.72. The van der Waals surface area contributed by atoms with Gasteiger partial charge in [0.15, 0.2) is 11.6 Å². The van der Waals surface area contributed by atoms with Crippen LogP contribution in [0.2, 0.25) is 0 Å². The van der Waals surface area contributed by atoms with Crippen LogP contribution in [0, 0.1) is 11.6 Å². The summed E-state index contributed by atoms with van der Waals surface area (Å²) in [5, 5.41) is 6.83. The number of thiophene rings is 1. The maximum Gasteiger partial charge on any atom is 0.163 e. The van der Waals surface area contributed by atoms with Crippen molar-refractivity contribution in [1.29, 1.82) is 0 Å². The molecule has 1 atom stereocenters. The highest BCUT2D eigenvalue weighted by atomic mass is 79.9. The molecule has 1 unspecified atom stereocenters. The van der Waals surface area contributed by atoms with Crippen molar-refractivity contribution in [2.75, 3.05) is 7.05 Å². The maximum atomic E-state index is 13.7. The van der Waals surface area contributed by atoms with Gasteiger partial charge in [-0.15, -0.1) is 0 Å². The van der Waals surface area contributed by atoms with E-state index in [1.165, 1.54) is 17.4 Å². The van der Waals surface area contributed by atoms with Crippen LogP contribution in [0.4, 0.5) is 8.78 Å². The molecule has 90 valence electrons. The van der Waals surface area contributed by atoms with Crippen LogP contribution in [-0.2, 0) is 0 Å². The molecule has 0 radical (unpaired) electrons. The minimum Gasteiger partial charge on any atom is -0.309 e. The van der Waals surface area contributed by atoms with Gasteiger partial charge in [-0.2, -0.15) is 11.3 Å². The number of hydrogen-bond acceptors (Lipinski definition) is 2. The Hall–Kier alpha value is -0.780. The zero-order valence-corrected chi connectivity index (χ0v) is 11.4. The third-order valence-corrected chi connectivity index (χ3v) is 4.29. The summed E-state index contributed by atoms with van der Waals surface area (Å²) in [6.07, 6.45) is 0. The zero-order valence-electron chi connectivity index (χ0n) is 9.01. The summed E-state index contributed by atoms with van der Waals surface area (Å²) in [7, 11) is 1.72. The molecule has 17 heavy (non-hydrogen) atoms. The first-order valence-corrected chi connectivity index (χ1v) is 6.71. The second-order valence-corrected chi connectivity index (χ2v) is 5.14. The summed E-state index contributed by atoms with van der Waals surface area (Å²) in [4.78, 5) is 0. The molecular formula is C12H10BrF2NS. The Morgan fingerprint density at radius 1 is 1.24 bits per heavy atom. The van der Waals surface area contributed by atoms with Crippen molar-refractivity contribution in [3.05, 3.63) is 56.2 Å². The normalized spacial score (nSPS) is 12.7. The van der Waals surface area contributed by atoms with Crippen molar-refractivity contribution >= 4 is 27.3 Å². The second-order valence-electron chi connectivity index (χ2n) is 3.54. The van der Waals surface area contributed by atoms with Gasteiger partial charge in [0, 0.05) is 15.4 Å². The van der Waals surface area contributed by atoms with E-state index in [1.54, 1.807) is 13.1 Å². The smallest absolute Gasteiger partial charge is 0.163 e. The van der Waals surface area contributed by atoms with Crippen LogP contribution in [0.3, 0.4) is 0 Å². The number of halogens is 3. The number of nitrogens with one attached hydrogen (secondary N) is 1. The van der Waals surface area contributed by atoms with Gasteiger partial charge >= 0.3 is 0 Å². The molecule has 1 nitrogen and oxygen atoms in total. The lowest BCUT2D eigenvalue weighted by molar-refractivity contribution is 0.487. The summed E-state index contributed by atoms with van der Waals surface area (Å²) in [5.41, 5.74) is 1.22. The summed E-state index contributed by atoms with van der Waals surface area (Å²) >= 11 is 4.91. The summed E-state index contributed by atoms with van der Waals surface area (Å²) < 4.78 is 27.8. The molecule has 0 saturated carbocycles. The van der Waals surface area contributed by atoms with Crippen LogP contribution in [0.5, 0.6) is 0 Å². The molecule has 0 aliphatic rings. The van der Waals surface area contributed by atoms with Crippen LogP contribution in [0.25, 0.3) is 0 Å². The Morgan fingerprint density at radius 2 is 2.00 bits per heavy atom. The van der Waals surface area contributed by atoms with Crippen molar-refractivity contribution in [2.45, 2.75) is 6.04 Å². The molecule has 0 amide bonds. The van der Waals surface area contributed by atoms with Gasteiger partial charge in [-0.1, -0.05) is 12.1 Å². The van der Waals surface area contributed by atoms with Gasteiger partial charge < -0.3 is 5.32 Å². The Balaban J connectivity index is 2.50. The predicted molar refractivity (Wildman–Crippen MR) is 69.3 cm³/mol. The van der Waals surface area contributed by atoms with Crippen molar-refractivity contribution in [3.8, 4) is 0 Å². The standard InChI is InChI=1S/C12H10BrF2NS/c1-16-12(8-5-17-6-9(8)13)7-3-2-4-10(14)11(7)15/h2-6,12,16H,1H3. The maximum absolute atomic E-state index is 13.7. The fraction of sp³-hybridized carbons (Fsp3) is 0.167. The Bertz CT molecular complexity index is 527. The van der Waals surface area contributed by atoms with Crippen LogP contribution in [-0.4, -0.2) is 7.05 Å². The van der Waals surface area contributed by atoms with Gasteiger partial charge in [0.1, 0.15) is 0 Å². The van der Waals surface area contributed by atoms with Gasteiger partial charge in [-0.25, -0.2) is 8.78 Å². The highest BCUT2D eigenvalue weighted by molar-refractivity contribution is 9.10. The second kappa shape index (κ2) is 5.25. The minimum absolute atomic E-state index is 0.312. The predicted octanol–water partition coefficient (Wildman–Crippen LogP) is 4.10. The summed E-state index contributed by atoms with van der Waals surface area (Å²) in [6.45, 7) is 0. The van der Waals surface area contributed by atoms with E-state index < -0.39 is 11.6 Å². The van der Waals surface area contributed by atoms with E-state index >= 15 is 0 Å². The molecule has 0 aliphatic heterocycles. The third kappa shape index (κ3) is 2.41. The molecule has 0 spiro atoms. The summed E-state index contributed by atoms with van der Waals surface area (Å²) in [6, 6.07) is 3.86. The zero-order chi connectivity index (χ0) is 12.4. The van der Waals surface area contributed by atoms with E-state index in [1.807, 2.05) is 10.8 Å². The average Bonchev–Trinajstić information content (AvgIpc) is 2.72. The Morgan fingerprint density at radius 3 is 2.59 bits per heavy atom. The lowest BCUT2D eigenvalue weighted by atomic mass is 10.0. The van der Waals surface area contributed by atoms with E-state index in [-0.39, 0.29) is 6.04 Å². The largest absolute Gasteiger partial charge is 0.309 e. The molecular weight excluding hydrogens is 308 g/mol. The molecule has 1 heterocycles. The fourth-order valence-corrected chi connectivity index (χ4v) is 3.27. The van der Waals surface area contributed by atoms with E-state index in [9.17, 15) is 8.78 Å². The number of benzene rings is 1. The average molecular weight is 318 g/mol. The van der Waals surface area contributed by atoms with Gasteiger partial charge in [0.05, 0.1) is 6.04 Å². The van der Waals surface area contributed by atoms with Gasteiger partial charge in [-0.05, 0) is 40.0 Å². The lowest BCUT2D eigenvalue weighted by Crippen LogP contribution is -2.19. The molecule has 0 saturated heterocycles. The van der Waals surface area contributed by atoms with Gasteiger partial charge in [-0.3, -0.25) is 0 Å². The topological polar surface area (TPSA) is 12.0 Å². The van der Waals surface area contributed by atoms with Crippen LogP contribution in [0.15, 0.2) is 33.4 Å². The van der Waals surface area contributed by atoms with Crippen molar-refractivity contribution < 1.29 is 8.78 Å². The summed E-state index contributed by atoms with van der Waals surface area (Å²) in [5.74, 6) is -1.63. The molecule has 0 aliphatic carbocycles. The minimum atomic E-state index is -0.825. The lowest BCUT2D eigenvalue weighted by Gasteiger charge is -2.17. The van der Waals surface area contributed by atoms with Crippen molar-refractivity contribution in [3.63, 3.8) is 0 Å².